The van der Waals surface area contributed by atoms with Gasteiger partial charge in [-0.2, -0.15) is 0 Å². The first kappa shape index (κ1) is 14.1. The lowest BCUT2D eigenvalue weighted by molar-refractivity contribution is -0.122. The Morgan fingerprint density at radius 2 is 2.16 bits per heavy atom. The summed E-state index contributed by atoms with van der Waals surface area (Å²) < 4.78 is 5.91. The molecule has 19 heavy (non-hydrogen) atoms. The summed E-state index contributed by atoms with van der Waals surface area (Å²) in [6.45, 7) is 2.70. The van der Waals surface area contributed by atoms with E-state index in [0.29, 0.717) is 15.8 Å². The average Bonchev–Trinajstić information content (AvgIpc) is 2.67. The van der Waals surface area contributed by atoms with Crippen molar-refractivity contribution in [3.8, 4) is 5.75 Å². The van der Waals surface area contributed by atoms with Crippen molar-refractivity contribution in [1.82, 2.24) is 4.90 Å². The summed E-state index contributed by atoms with van der Waals surface area (Å²) in [5.74, 6) is 0.742. The second-order valence-electron chi connectivity index (χ2n) is 4.08. The minimum atomic E-state index is -0.0113. The predicted octanol–water partition coefficient (Wildman–Crippen LogP) is 3.31. The SMILES string of the molecule is CCCN1C(=O)/C(=C\c2ccccc2OC)SC1=S. The van der Waals surface area contributed by atoms with Crippen molar-refractivity contribution < 1.29 is 9.53 Å². The van der Waals surface area contributed by atoms with Gasteiger partial charge in [-0.1, -0.05) is 49.1 Å². The van der Waals surface area contributed by atoms with E-state index in [0.717, 1.165) is 17.7 Å². The molecule has 1 saturated heterocycles. The van der Waals surface area contributed by atoms with Gasteiger partial charge in [0.05, 0.1) is 12.0 Å². The monoisotopic (exact) mass is 293 g/mol. The Hall–Kier alpha value is -1.33. The first-order chi connectivity index (χ1) is 9.17. The van der Waals surface area contributed by atoms with Crippen LogP contribution in [-0.2, 0) is 4.79 Å². The molecule has 0 spiro atoms. The van der Waals surface area contributed by atoms with E-state index in [1.165, 1.54) is 11.8 Å². The number of hydrogen-bond acceptors (Lipinski definition) is 4. The number of thioether (sulfide) groups is 1. The molecule has 1 aliphatic heterocycles. The van der Waals surface area contributed by atoms with Crippen molar-refractivity contribution >= 4 is 40.3 Å². The maximum absolute atomic E-state index is 12.2. The first-order valence-electron chi connectivity index (χ1n) is 6.05. The van der Waals surface area contributed by atoms with E-state index in [1.54, 1.807) is 12.0 Å². The second kappa shape index (κ2) is 6.21. The summed E-state index contributed by atoms with van der Waals surface area (Å²) in [5.41, 5.74) is 0.891. The molecule has 0 aliphatic carbocycles. The lowest BCUT2D eigenvalue weighted by Crippen LogP contribution is -2.28. The van der Waals surface area contributed by atoms with Crippen LogP contribution in [-0.4, -0.2) is 28.8 Å². The summed E-state index contributed by atoms with van der Waals surface area (Å²) in [4.78, 5) is 14.5. The summed E-state index contributed by atoms with van der Waals surface area (Å²) in [6.07, 6.45) is 2.74. The molecule has 1 heterocycles. The molecule has 1 aliphatic rings. The molecule has 0 atom stereocenters. The van der Waals surface area contributed by atoms with Gasteiger partial charge in [-0.3, -0.25) is 9.69 Å². The second-order valence-corrected chi connectivity index (χ2v) is 5.75. The Bertz CT molecular complexity index is 540. The van der Waals surface area contributed by atoms with E-state index < -0.39 is 0 Å². The van der Waals surface area contributed by atoms with E-state index in [1.807, 2.05) is 37.3 Å². The van der Waals surface area contributed by atoms with Gasteiger partial charge in [0.15, 0.2) is 0 Å². The lowest BCUT2D eigenvalue weighted by Gasteiger charge is -2.12. The van der Waals surface area contributed by atoms with Crippen LogP contribution in [0.4, 0.5) is 0 Å². The van der Waals surface area contributed by atoms with Crippen LogP contribution < -0.4 is 4.74 Å². The maximum atomic E-state index is 12.2. The highest BCUT2D eigenvalue weighted by atomic mass is 32.2. The number of amides is 1. The molecule has 1 amide bonds. The van der Waals surface area contributed by atoms with Gasteiger partial charge in [0.25, 0.3) is 5.91 Å². The summed E-state index contributed by atoms with van der Waals surface area (Å²) in [5, 5.41) is 0. The van der Waals surface area contributed by atoms with Gasteiger partial charge in [-0.05, 0) is 18.6 Å². The third kappa shape index (κ3) is 2.98. The molecule has 3 nitrogen and oxygen atoms in total. The largest absolute Gasteiger partial charge is 0.496 e. The molecular weight excluding hydrogens is 278 g/mol. The van der Waals surface area contributed by atoms with E-state index in [-0.39, 0.29) is 5.91 Å². The van der Waals surface area contributed by atoms with Crippen LogP contribution in [0.3, 0.4) is 0 Å². The highest BCUT2D eigenvalue weighted by Crippen LogP contribution is 2.34. The number of rotatable bonds is 4. The zero-order valence-corrected chi connectivity index (χ0v) is 12.5. The molecule has 0 N–H and O–H groups in total. The van der Waals surface area contributed by atoms with Gasteiger partial charge in [0.2, 0.25) is 0 Å². The molecule has 0 saturated carbocycles. The number of nitrogens with zero attached hydrogens (tertiary/aromatic N) is 1. The van der Waals surface area contributed by atoms with Crippen molar-refractivity contribution in [3.05, 3.63) is 34.7 Å². The molecule has 1 aromatic carbocycles. The molecule has 0 aromatic heterocycles. The minimum Gasteiger partial charge on any atom is -0.496 e. The average molecular weight is 293 g/mol. The Morgan fingerprint density at radius 3 is 2.84 bits per heavy atom. The first-order valence-corrected chi connectivity index (χ1v) is 7.28. The smallest absolute Gasteiger partial charge is 0.266 e. The van der Waals surface area contributed by atoms with Crippen LogP contribution in [0.25, 0.3) is 6.08 Å². The van der Waals surface area contributed by atoms with Crippen LogP contribution >= 0.6 is 24.0 Å². The number of carbonyl (C=O) groups is 1. The number of ether oxygens (including phenoxy) is 1. The molecule has 2 rings (SSSR count). The number of thiocarbonyl (C=S) groups is 1. The van der Waals surface area contributed by atoms with Gasteiger partial charge in [-0.25, -0.2) is 0 Å². The Labute approximate surface area is 122 Å². The lowest BCUT2D eigenvalue weighted by atomic mass is 10.2. The van der Waals surface area contributed by atoms with Gasteiger partial charge in [0, 0.05) is 12.1 Å². The highest BCUT2D eigenvalue weighted by molar-refractivity contribution is 8.26. The molecular formula is C14H15NO2S2. The van der Waals surface area contributed by atoms with Crippen LogP contribution in [0, 0.1) is 0 Å². The molecule has 1 fully saturated rings. The molecule has 1 aromatic rings. The van der Waals surface area contributed by atoms with E-state index in [4.69, 9.17) is 17.0 Å². The molecule has 0 radical (unpaired) electrons. The Kier molecular flexibility index (Phi) is 4.61. The fourth-order valence-electron chi connectivity index (χ4n) is 1.84. The van der Waals surface area contributed by atoms with Crippen molar-refractivity contribution in [1.29, 1.82) is 0 Å². The molecule has 0 bridgehead atoms. The number of methoxy groups -OCH3 is 1. The third-order valence-corrected chi connectivity index (χ3v) is 4.12. The summed E-state index contributed by atoms with van der Waals surface area (Å²) in [7, 11) is 1.62. The zero-order valence-electron chi connectivity index (χ0n) is 10.9. The normalized spacial score (nSPS) is 17.4. The molecule has 5 heteroatoms. The van der Waals surface area contributed by atoms with Gasteiger partial charge < -0.3 is 4.74 Å². The molecule has 100 valence electrons. The summed E-state index contributed by atoms with van der Waals surface area (Å²) in [6, 6.07) is 7.61. The van der Waals surface area contributed by atoms with E-state index in [9.17, 15) is 4.79 Å². The van der Waals surface area contributed by atoms with Crippen LogP contribution in [0.5, 0.6) is 5.75 Å². The Morgan fingerprint density at radius 1 is 1.42 bits per heavy atom. The van der Waals surface area contributed by atoms with E-state index in [2.05, 4.69) is 0 Å². The fraction of sp³-hybridized carbons (Fsp3) is 0.286. The van der Waals surface area contributed by atoms with Gasteiger partial charge >= 0.3 is 0 Å². The molecule has 0 unspecified atom stereocenters. The number of para-hydroxylation sites is 1. The number of benzene rings is 1. The number of carbonyl (C=O) groups excluding carboxylic acids is 1. The highest BCUT2D eigenvalue weighted by Gasteiger charge is 2.31. The van der Waals surface area contributed by atoms with Crippen LogP contribution in [0.15, 0.2) is 29.2 Å². The van der Waals surface area contributed by atoms with Crippen molar-refractivity contribution in [2.45, 2.75) is 13.3 Å². The predicted molar refractivity (Wildman–Crippen MR) is 83.2 cm³/mol. The van der Waals surface area contributed by atoms with Gasteiger partial charge in [0.1, 0.15) is 10.1 Å². The van der Waals surface area contributed by atoms with Crippen LogP contribution in [0.2, 0.25) is 0 Å². The van der Waals surface area contributed by atoms with Crippen molar-refractivity contribution in [3.63, 3.8) is 0 Å². The van der Waals surface area contributed by atoms with Crippen LogP contribution in [0.1, 0.15) is 18.9 Å². The zero-order chi connectivity index (χ0) is 13.8. The standard InChI is InChI=1S/C14H15NO2S2/c1-3-8-15-13(16)12(19-14(15)18)9-10-6-4-5-7-11(10)17-2/h4-7,9H,3,8H2,1-2H3/b12-9+. The van der Waals surface area contributed by atoms with Crippen molar-refractivity contribution in [2.75, 3.05) is 13.7 Å². The third-order valence-electron chi connectivity index (χ3n) is 2.75. The minimum absolute atomic E-state index is 0.0113. The van der Waals surface area contributed by atoms with Crippen molar-refractivity contribution in [2.24, 2.45) is 0 Å². The number of hydrogen-bond donors (Lipinski definition) is 0. The van der Waals surface area contributed by atoms with E-state index >= 15 is 0 Å². The van der Waals surface area contributed by atoms with Gasteiger partial charge in [-0.15, -0.1) is 0 Å². The Balaban J connectivity index is 2.30. The summed E-state index contributed by atoms with van der Waals surface area (Å²) >= 11 is 6.58. The topological polar surface area (TPSA) is 29.5 Å². The maximum Gasteiger partial charge on any atom is 0.266 e. The fourth-order valence-corrected chi connectivity index (χ4v) is 3.14. The quantitative estimate of drug-likeness (QED) is 0.629.